The minimum absolute atomic E-state index is 0.310. The molecule has 0 amide bonds. The van der Waals surface area contributed by atoms with Gasteiger partial charge in [0.15, 0.2) is 0 Å². The lowest BCUT2D eigenvalue weighted by Gasteiger charge is -2.02. The third kappa shape index (κ3) is 2.64. The number of nitrogen functional groups attached to an aromatic ring is 1. The topological polar surface area (TPSA) is 68.9 Å². The van der Waals surface area contributed by atoms with Crippen LogP contribution in [0.3, 0.4) is 0 Å². The molecule has 5 heteroatoms. The van der Waals surface area contributed by atoms with Gasteiger partial charge in [-0.2, -0.15) is 0 Å². The normalized spacial score (nSPS) is 12.2. The predicted octanol–water partition coefficient (Wildman–Crippen LogP) is 1.37. The molecule has 0 saturated carbocycles. The average Bonchev–Trinajstić information content (AvgIpc) is 2.30. The quantitative estimate of drug-likeness (QED) is 0.813. The SMILES string of the molecule is Nc1cccc(S(=O)Cc2ncccn2)c1. The van der Waals surface area contributed by atoms with Gasteiger partial charge in [0.2, 0.25) is 0 Å². The molecule has 2 rings (SSSR count). The molecule has 1 aromatic carbocycles. The Morgan fingerprint density at radius 3 is 2.62 bits per heavy atom. The molecule has 2 N–H and O–H groups in total. The number of hydrogen-bond donors (Lipinski definition) is 1. The Balaban J connectivity index is 2.15. The van der Waals surface area contributed by atoms with Crippen LogP contribution in [0.2, 0.25) is 0 Å². The van der Waals surface area contributed by atoms with E-state index in [1.807, 2.05) is 0 Å². The van der Waals surface area contributed by atoms with E-state index in [1.165, 1.54) is 0 Å². The second-order valence-corrected chi connectivity index (χ2v) is 4.68. The largest absolute Gasteiger partial charge is 0.399 e. The summed E-state index contributed by atoms with van der Waals surface area (Å²) in [5.74, 6) is 0.882. The van der Waals surface area contributed by atoms with Gasteiger partial charge in [-0.1, -0.05) is 6.07 Å². The standard InChI is InChI=1S/C11H11N3OS/c12-9-3-1-4-10(7-9)16(15)8-11-13-5-2-6-14-11/h1-7H,8,12H2. The van der Waals surface area contributed by atoms with Gasteiger partial charge in [0.05, 0.1) is 16.6 Å². The number of rotatable bonds is 3. The number of aromatic nitrogens is 2. The minimum Gasteiger partial charge on any atom is -0.399 e. The van der Waals surface area contributed by atoms with E-state index < -0.39 is 10.8 Å². The summed E-state index contributed by atoms with van der Waals surface area (Å²) in [5.41, 5.74) is 6.24. The van der Waals surface area contributed by atoms with Crippen LogP contribution in [-0.2, 0) is 16.6 Å². The van der Waals surface area contributed by atoms with Crippen molar-refractivity contribution in [2.75, 3.05) is 5.73 Å². The van der Waals surface area contributed by atoms with Crippen LogP contribution in [0.5, 0.6) is 0 Å². The average molecular weight is 233 g/mol. The minimum atomic E-state index is -1.15. The van der Waals surface area contributed by atoms with E-state index in [2.05, 4.69) is 9.97 Å². The summed E-state index contributed by atoms with van der Waals surface area (Å²) in [5, 5.41) is 0. The van der Waals surface area contributed by atoms with Crippen molar-refractivity contribution in [3.8, 4) is 0 Å². The third-order valence-electron chi connectivity index (χ3n) is 2.00. The van der Waals surface area contributed by atoms with Crippen LogP contribution in [0, 0.1) is 0 Å². The third-order valence-corrected chi connectivity index (χ3v) is 3.30. The van der Waals surface area contributed by atoms with Gasteiger partial charge in [0, 0.05) is 23.0 Å². The maximum Gasteiger partial charge on any atom is 0.141 e. The second-order valence-electron chi connectivity index (χ2n) is 3.23. The number of anilines is 1. The summed E-state index contributed by atoms with van der Waals surface area (Å²) in [4.78, 5) is 8.76. The fraction of sp³-hybridized carbons (Fsp3) is 0.0909. The Morgan fingerprint density at radius 2 is 1.94 bits per heavy atom. The Bertz CT molecular complexity index is 502. The molecule has 1 heterocycles. The zero-order valence-electron chi connectivity index (χ0n) is 8.54. The first kappa shape index (κ1) is 10.8. The van der Waals surface area contributed by atoms with Crippen molar-refractivity contribution in [3.05, 3.63) is 48.5 Å². The lowest BCUT2D eigenvalue weighted by molar-refractivity contribution is 0.681. The molecule has 16 heavy (non-hydrogen) atoms. The number of nitrogens with zero attached hydrogens (tertiary/aromatic N) is 2. The summed E-state index contributed by atoms with van der Waals surface area (Å²) in [6.45, 7) is 0. The molecule has 0 spiro atoms. The molecule has 1 aromatic heterocycles. The van der Waals surface area contributed by atoms with Gasteiger partial charge in [0.25, 0.3) is 0 Å². The molecule has 0 saturated heterocycles. The Kier molecular flexibility index (Phi) is 3.26. The van der Waals surface area contributed by atoms with Crippen LogP contribution in [0.25, 0.3) is 0 Å². The summed E-state index contributed by atoms with van der Waals surface area (Å²) in [6, 6.07) is 8.77. The first-order valence-electron chi connectivity index (χ1n) is 4.75. The van der Waals surface area contributed by atoms with Crippen molar-refractivity contribution < 1.29 is 4.21 Å². The van der Waals surface area contributed by atoms with E-state index >= 15 is 0 Å². The zero-order valence-corrected chi connectivity index (χ0v) is 9.35. The smallest absolute Gasteiger partial charge is 0.141 e. The molecule has 1 unspecified atom stereocenters. The van der Waals surface area contributed by atoms with Crippen molar-refractivity contribution in [1.82, 2.24) is 9.97 Å². The highest BCUT2D eigenvalue weighted by Gasteiger charge is 2.06. The first-order valence-corrected chi connectivity index (χ1v) is 6.07. The molecular weight excluding hydrogens is 222 g/mol. The van der Waals surface area contributed by atoms with Crippen molar-refractivity contribution in [2.24, 2.45) is 0 Å². The lowest BCUT2D eigenvalue weighted by atomic mass is 10.3. The number of benzene rings is 1. The molecule has 0 fully saturated rings. The Labute approximate surface area is 96.0 Å². The highest BCUT2D eigenvalue weighted by Crippen LogP contribution is 2.13. The van der Waals surface area contributed by atoms with Gasteiger partial charge in [0.1, 0.15) is 5.82 Å². The molecule has 1 atom stereocenters. The molecule has 0 radical (unpaired) electrons. The van der Waals surface area contributed by atoms with Crippen LogP contribution in [0.15, 0.2) is 47.6 Å². The number of hydrogen-bond acceptors (Lipinski definition) is 4. The fourth-order valence-electron chi connectivity index (χ4n) is 1.26. The number of nitrogens with two attached hydrogens (primary N) is 1. The van der Waals surface area contributed by atoms with Gasteiger partial charge < -0.3 is 5.73 Å². The monoisotopic (exact) mass is 233 g/mol. The van der Waals surface area contributed by atoms with Crippen molar-refractivity contribution in [2.45, 2.75) is 10.6 Å². The van der Waals surface area contributed by atoms with Crippen LogP contribution in [0.4, 0.5) is 5.69 Å². The van der Waals surface area contributed by atoms with Crippen LogP contribution >= 0.6 is 0 Å². The maximum absolute atomic E-state index is 11.9. The van der Waals surface area contributed by atoms with Crippen LogP contribution in [-0.4, -0.2) is 14.2 Å². The first-order chi connectivity index (χ1) is 7.75. The molecule has 0 aliphatic rings. The molecule has 0 bridgehead atoms. The maximum atomic E-state index is 11.9. The summed E-state index contributed by atoms with van der Waals surface area (Å²) < 4.78 is 11.9. The Morgan fingerprint density at radius 1 is 1.19 bits per heavy atom. The highest BCUT2D eigenvalue weighted by molar-refractivity contribution is 7.84. The fourth-order valence-corrected chi connectivity index (χ4v) is 2.31. The van der Waals surface area contributed by atoms with E-state index in [0.29, 0.717) is 22.2 Å². The van der Waals surface area contributed by atoms with Crippen LogP contribution < -0.4 is 5.73 Å². The van der Waals surface area contributed by atoms with Gasteiger partial charge in [-0.15, -0.1) is 0 Å². The van der Waals surface area contributed by atoms with Crippen molar-refractivity contribution in [1.29, 1.82) is 0 Å². The second kappa shape index (κ2) is 4.85. The van der Waals surface area contributed by atoms with Gasteiger partial charge in [-0.25, -0.2) is 9.97 Å². The Hall–Kier alpha value is -1.75. The molecule has 4 nitrogen and oxygen atoms in total. The molecule has 0 aliphatic carbocycles. The van der Waals surface area contributed by atoms with Gasteiger partial charge in [-0.05, 0) is 24.3 Å². The highest BCUT2D eigenvalue weighted by atomic mass is 32.2. The molecule has 82 valence electrons. The summed E-state index contributed by atoms with van der Waals surface area (Å²) >= 11 is 0. The molecule has 0 aliphatic heterocycles. The van der Waals surface area contributed by atoms with E-state index in [1.54, 1.807) is 42.7 Å². The van der Waals surface area contributed by atoms with Crippen molar-refractivity contribution >= 4 is 16.5 Å². The molecular formula is C11H11N3OS. The molecule has 2 aromatic rings. The summed E-state index contributed by atoms with van der Waals surface area (Å²) in [7, 11) is -1.15. The van der Waals surface area contributed by atoms with Gasteiger partial charge >= 0.3 is 0 Å². The van der Waals surface area contributed by atoms with Crippen molar-refractivity contribution in [3.63, 3.8) is 0 Å². The van der Waals surface area contributed by atoms with E-state index in [9.17, 15) is 4.21 Å². The van der Waals surface area contributed by atoms with E-state index in [4.69, 9.17) is 5.73 Å². The summed E-state index contributed by atoms with van der Waals surface area (Å²) in [6.07, 6.45) is 3.28. The van der Waals surface area contributed by atoms with E-state index in [0.717, 1.165) is 0 Å². The van der Waals surface area contributed by atoms with Gasteiger partial charge in [-0.3, -0.25) is 4.21 Å². The van der Waals surface area contributed by atoms with E-state index in [-0.39, 0.29) is 0 Å². The lowest BCUT2D eigenvalue weighted by Crippen LogP contribution is -2.01. The zero-order chi connectivity index (χ0) is 11.4. The van der Waals surface area contributed by atoms with Crippen LogP contribution in [0.1, 0.15) is 5.82 Å². The predicted molar refractivity (Wildman–Crippen MR) is 63.0 cm³/mol.